The smallest absolute Gasteiger partial charge is 0.101 e. The van der Waals surface area contributed by atoms with Crippen LogP contribution in [0.3, 0.4) is 0 Å². The molecular formula is C41H36N4. The number of nitrogens with zero attached hydrogens (tertiary/aromatic N) is 2. The largest absolute Gasteiger partial charge is 0.366 e. The van der Waals surface area contributed by atoms with Gasteiger partial charge in [0, 0.05) is 38.9 Å². The molecule has 0 bridgehead atoms. The minimum absolute atomic E-state index is 0.422. The Hall–Kier alpha value is -5.32. The highest BCUT2D eigenvalue weighted by atomic mass is 15.0. The Morgan fingerprint density at radius 1 is 0.667 bits per heavy atom. The molecule has 1 aliphatic rings. The summed E-state index contributed by atoms with van der Waals surface area (Å²) in [4.78, 5) is 0. The standard InChI is InChI=1S/C41H36N4/c1-2-13-36(28-24-25-35-34-20-8-9-21-37(34)44(40(35)27-28)30-15-4-3-5-16-30)43-41(42)29-14-12-17-31(26-29)45-38-22-10-6-18-32(38)33-19-7-11-23-39(33)45/h2-7,10-19,22-27,41,43H,1,8-9,20-21,42H2/b36-13-. The summed E-state index contributed by atoms with van der Waals surface area (Å²) in [5.41, 5.74) is 18.8. The van der Waals surface area contributed by atoms with Crippen molar-refractivity contribution in [2.45, 2.75) is 31.8 Å². The summed E-state index contributed by atoms with van der Waals surface area (Å²) in [5, 5.41) is 7.47. The normalized spacial score (nSPS) is 14.1. The first-order valence-electron chi connectivity index (χ1n) is 15.9. The van der Waals surface area contributed by atoms with Gasteiger partial charge in [0.05, 0.1) is 16.6 Å². The van der Waals surface area contributed by atoms with E-state index in [1.54, 1.807) is 0 Å². The van der Waals surface area contributed by atoms with Crippen LogP contribution in [0.4, 0.5) is 0 Å². The highest BCUT2D eigenvalue weighted by Crippen LogP contribution is 2.36. The van der Waals surface area contributed by atoms with Crippen LogP contribution in [0.15, 0.2) is 140 Å². The van der Waals surface area contributed by atoms with E-state index in [1.165, 1.54) is 62.5 Å². The molecule has 2 aromatic heterocycles. The zero-order chi connectivity index (χ0) is 30.3. The number of allylic oxidation sites excluding steroid dienone is 2. The van der Waals surface area contributed by atoms with Gasteiger partial charge in [-0.25, -0.2) is 0 Å². The van der Waals surface area contributed by atoms with Gasteiger partial charge in [-0.3, -0.25) is 0 Å². The van der Waals surface area contributed by atoms with Crippen molar-refractivity contribution in [3.05, 3.63) is 162 Å². The molecule has 8 rings (SSSR count). The van der Waals surface area contributed by atoms with Crippen molar-refractivity contribution < 1.29 is 0 Å². The van der Waals surface area contributed by atoms with Crippen LogP contribution in [0, 0.1) is 0 Å². The second-order valence-electron chi connectivity index (χ2n) is 11.9. The fraction of sp³-hybridized carbons (Fsp3) is 0.122. The molecule has 0 saturated heterocycles. The second kappa shape index (κ2) is 11.3. The summed E-state index contributed by atoms with van der Waals surface area (Å²) in [6, 6.07) is 43.3. The lowest BCUT2D eigenvalue weighted by Crippen LogP contribution is -2.27. The molecule has 1 atom stereocenters. The molecule has 4 nitrogen and oxygen atoms in total. The number of nitrogens with one attached hydrogen (secondary N) is 1. The molecule has 7 aromatic rings. The van der Waals surface area contributed by atoms with Gasteiger partial charge in [-0.1, -0.05) is 91.5 Å². The molecule has 0 amide bonds. The quantitative estimate of drug-likeness (QED) is 0.145. The van der Waals surface area contributed by atoms with Crippen molar-refractivity contribution in [1.82, 2.24) is 14.5 Å². The van der Waals surface area contributed by atoms with Crippen LogP contribution >= 0.6 is 0 Å². The number of aromatic nitrogens is 2. The maximum absolute atomic E-state index is 6.92. The van der Waals surface area contributed by atoms with E-state index >= 15 is 0 Å². The van der Waals surface area contributed by atoms with Gasteiger partial charge < -0.3 is 20.2 Å². The minimum Gasteiger partial charge on any atom is -0.366 e. The Bertz CT molecular complexity index is 2180. The molecule has 0 fully saturated rings. The van der Waals surface area contributed by atoms with E-state index in [1.807, 2.05) is 12.2 Å². The number of benzene rings is 5. The van der Waals surface area contributed by atoms with Gasteiger partial charge in [0.2, 0.25) is 0 Å². The summed E-state index contributed by atoms with van der Waals surface area (Å²) in [6.45, 7) is 4.03. The molecule has 4 heteroatoms. The van der Waals surface area contributed by atoms with Gasteiger partial charge in [-0.15, -0.1) is 0 Å². The van der Waals surface area contributed by atoms with Gasteiger partial charge >= 0.3 is 0 Å². The van der Waals surface area contributed by atoms with E-state index in [2.05, 4.69) is 142 Å². The Morgan fingerprint density at radius 3 is 2.11 bits per heavy atom. The third-order valence-electron chi connectivity index (χ3n) is 9.26. The first-order chi connectivity index (χ1) is 22.2. The maximum Gasteiger partial charge on any atom is 0.101 e. The summed E-state index contributed by atoms with van der Waals surface area (Å²) < 4.78 is 4.79. The average Bonchev–Trinajstić information content (AvgIpc) is 3.61. The predicted molar refractivity (Wildman–Crippen MR) is 189 cm³/mol. The summed E-state index contributed by atoms with van der Waals surface area (Å²) in [5.74, 6) is 0. The Balaban J connectivity index is 1.17. The summed E-state index contributed by atoms with van der Waals surface area (Å²) in [6.07, 6.45) is 8.14. The van der Waals surface area contributed by atoms with Crippen molar-refractivity contribution in [2.75, 3.05) is 0 Å². The van der Waals surface area contributed by atoms with Crippen LogP contribution < -0.4 is 11.1 Å². The van der Waals surface area contributed by atoms with Crippen molar-refractivity contribution >= 4 is 38.4 Å². The number of hydrogen-bond acceptors (Lipinski definition) is 2. The van der Waals surface area contributed by atoms with Gasteiger partial charge in [0.1, 0.15) is 6.17 Å². The molecular weight excluding hydrogens is 548 g/mol. The van der Waals surface area contributed by atoms with Gasteiger partial charge in [-0.2, -0.15) is 0 Å². The number of para-hydroxylation sites is 3. The monoisotopic (exact) mass is 584 g/mol. The summed E-state index contributed by atoms with van der Waals surface area (Å²) in [7, 11) is 0. The molecule has 1 aliphatic carbocycles. The minimum atomic E-state index is -0.422. The molecule has 3 N–H and O–H groups in total. The van der Waals surface area contributed by atoms with E-state index in [0.717, 1.165) is 35.4 Å². The molecule has 0 saturated carbocycles. The van der Waals surface area contributed by atoms with Crippen LogP contribution in [0.5, 0.6) is 0 Å². The average molecular weight is 585 g/mol. The molecule has 1 unspecified atom stereocenters. The van der Waals surface area contributed by atoms with Crippen LogP contribution in [0.1, 0.15) is 41.4 Å². The van der Waals surface area contributed by atoms with Crippen LogP contribution in [0.2, 0.25) is 0 Å². The van der Waals surface area contributed by atoms with Crippen LogP contribution in [-0.2, 0) is 12.8 Å². The number of nitrogens with two attached hydrogens (primary N) is 1. The van der Waals surface area contributed by atoms with Crippen LogP contribution in [-0.4, -0.2) is 9.13 Å². The Labute approximate surface area is 263 Å². The van der Waals surface area contributed by atoms with E-state index in [4.69, 9.17) is 5.73 Å². The fourth-order valence-corrected chi connectivity index (χ4v) is 7.24. The molecule has 2 heterocycles. The van der Waals surface area contributed by atoms with E-state index in [-0.39, 0.29) is 0 Å². The van der Waals surface area contributed by atoms with Crippen molar-refractivity contribution in [2.24, 2.45) is 5.73 Å². The fourth-order valence-electron chi connectivity index (χ4n) is 7.24. The van der Waals surface area contributed by atoms with Gasteiger partial charge in [0.25, 0.3) is 0 Å². The lowest BCUT2D eigenvalue weighted by Gasteiger charge is -2.20. The highest BCUT2D eigenvalue weighted by molar-refractivity contribution is 6.09. The highest BCUT2D eigenvalue weighted by Gasteiger charge is 2.22. The van der Waals surface area contributed by atoms with Gasteiger partial charge in [-0.05, 0) is 90.9 Å². The van der Waals surface area contributed by atoms with Crippen molar-refractivity contribution in [3.63, 3.8) is 0 Å². The van der Waals surface area contributed by atoms with E-state index < -0.39 is 6.17 Å². The third kappa shape index (κ3) is 4.66. The molecule has 5 aromatic carbocycles. The SMILES string of the molecule is C=C/C=C(\NC(N)c1cccc(-n2c3ccccc3c3ccccc32)c1)c1ccc2c3c(n(-c4ccccc4)c2c1)CCCC3. The number of fused-ring (bicyclic) bond motifs is 6. The number of hydrogen-bond donors (Lipinski definition) is 2. The maximum atomic E-state index is 6.92. The Kier molecular flexibility index (Phi) is 6.85. The molecule has 0 aliphatic heterocycles. The van der Waals surface area contributed by atoms with Crippen molar-refractivity contribution in [1.29, 1.82) is 0 Å². The van der Waals surface area contributed by atoms with Crippen LogP contribution in [0.25, 0.3) is 49.8 Å². The summed E-state index contributed by atoms with van der Waals surface area (Å²) >= 11 is 0. The molecule has 0 spiro atoms. The van der Waals surface area contributed by atoms with E-state index in [9.17, 15) is 0 Å². The van der Waals surface area contributed by atoms with E-state index in [0.29, 0.717) is 0 Å². The predicted octanol–water partition coefficient (Wildman–Crippen LogP) is 9.38. The first-order valence-corrected chi connectivity index (χ1v) is 15.9. The zero-order valence-electron chi connectivity index (χ0n) is 25.3. The topological polar surface area (TPSA) is 47.9 Å². The lowest BCUT2D eigenvalue weighted by atomic mass is 9.95. The second-order valence-corrected chi connectivity index (χ2v) is 11.9. The first kappa shape index (κ1) is 27.2. The Morgan fingerprint density at radius 2 is 1.36 bits per heavy atom. The van der Waals surface area contributed by atoms with Gasteiger partial charge in [0.15, 0.2) is 0 Å². The molecule has 0 radical (unpaired) electrons. The molecule has 220 valence electrons. The van der Waals surface area contributed by atoms with Crippen molar-refractivity contribution in [3.8, 4) is 11.4 Å². The third-order valence-corrected chi connectivity index (χ3v) is 9.26. The molecule has 45 heavy (non-hydrogen) atoms. The number of rotatable bonds is 7. The lowest BCUT2D eigenvalue weighted by molar-refractivity contribution is 0.666. The number of aryl methyl sites for hydroxylation is 1. The zero-order valence-corrected chi connectivity index (χ0v) is 25.3.